The Hall–Kier alpha value is -6.81. The summed E-state index contributed by atoms with van der Waals surface area (Å²) in [5, 5.41) is 16.9. The molecule has 0 unspecified atom stereocenters. The van der Waals surface area contributed by atoms with Crippen LogP contribution in [0.5, 0.6) is 11.6 Å². The van der Waals surface area contributed by atoms with Crippen molar-refractivity contribution in [2.24, 2.45) is 5.16 Å². The van der Waals surface area contributed by atoms with E-state index in [2.05, 4.69) is 44.7 Å². The Bertz CT molecular complexity index is 2250. The van der Waals surface area contributed by atoms with Crippen LogP contribution in [0, 0.1) is 6.92 Å². The normalized spacial score (nSPS) is 11.1. The maximum absolute atomic E-state index is 11.4. The summed E-state index contributed by atoms with van der Waals surface area (Å²) in [5.74, 6) is 0.873. The molecule has 0 fully saturated rings. The first-order valence-electron chi connectivity index (χ1n) is 15.5. The minimum atomic E-state index is -0.973. The van der Waals surface area contributed by atoms with E-state index in [9.17, 15) is 9.90 Å². The zero-order valence-electron chi connectivity index (χ0n) is 26.4. The molecule has 7 aromatic rings. The molecule has 3 aromatic heterocycles. The number of carboxylic acid groups (broad SMARTS) is 1. The number of fused-ring (bicyclic) bond motifs is 1. The van der Waals surface area contributed by atoms with Crippen LogP contribution in [0.25, 0.3) is 28.0 Å². The molecule has 2 N–H and O–H groups in total. The van der Waals surface area contributed by atoms with Crippen molar-refractivity contribution < 1.29 is 19.5 Å². The van der Waals surface area contributed by atoms with Crippen molar-refractivity contribution in [1.82, 2.24) is 19.4 Å². The van der Waals surface area contributed by atoms with Gasteiger partial charge in [-0.1, -0.05) is 59.8 Å². The highest BCUT2D eigenvalue weighted by molar-refractivity contribution is 5.88. The SMILES string of the molecule is Cc1cncc(Oc2ccc(/C=N\OCc3ccc(-c4nc5cc(-c6ccccc6)ccn5c4Nc4ccc(C(=O)O)cc4)cc3)cc2)n1. The number of nitrogens with one attached hydrogen (secondary N) is 1. The van der Waals surface area contributed by atoms with Crippen molar-refractivity contribution in [3.8, 4) is 34.0 Å². The standard InChI is InChI=1S/C39H30N6O4/c1-26-22-40-24-36(42-26)49-34-17-9-27(10-18-34)23-41-48-25-28-7-11-30(12-8-28)37-38(43-33-15-13-31(14-16-33)39(46)47)45-20-19-32(21-35(45)44-37)29-5-3-2-4-6-29/h2-24,43H,25H2,1H3,(H,46,47)/b41-23-. The summed E-state index contributed by atoms with van der Waals surface area (Å²) >= 11 is 0. The van der Waals surface area contributed by atoms with E-state index < -0.39 is 5.97 Å². The molecule has 3 heterocycles. The third kappa shape index (κ3) is 7.28. The number of aromatic nitrogens is 4. The van der Waals surface area contributed by atoms with E-state index in [1.54, 1.807) is 42.9 Å². The summed E-state index contributed by atoms with van der Waals surface area (Å²) in [6.07, 6.45) is 6.88. The van der Waals surface area contributed by atoms with Gasteiger partial charge in [0.05, 0.1) is 23.7 Å². The Kier molecular flexibility index (Phi) is 8.74. The first-order chi connectivity index (χ1) is 24.0. The van der Waals surface area contributed by atoms with Gasteiger partial charge in [0.2, 0.25) is 5.88 Å². The van der Waals surface area contributed by atoms with Crippen LogP contribution in [0.2, 0.25) is 0 Å². The predicted molar refractivity (Wildman–Crippen MR) is 188 cm³/mol. The summed E-state index contributed by atoms with van der Waals surface area (Å²) in [7, 11) is 0. The first-order valence-corrected chi connectivity index (χ1v) is 15.5. The number of rotatable bonds is 11. The largest absolute Gasteiger partial charge is 0.478 e. The monoisotopic (exact) mass is 646 g/mol. The molecule has 10 nitrogen and oxygen atoms in total. The Labute approximate surface area is 282 Å². The number of imidazole rings is 1. The number of ether oxygens (including phenoxy) is 1. The second kappa shape index (κ2) is 13.9. The first kappa shape index (κ1) is 30.8. The fourth-order valence-electron chi connectivity index (χ4n) is 5.21. The molecule has 49 heavy (non-hydrogen) atoms. The van der Waals surface area contributed by atoms with Gasteiger partial charge in [-0.05, 0) is 89.8 Å². The highest BCUT2D eigenvalue weighted by atomic mass is 16.6. The Morgan fingerprint density at radius 3 is 2.37 bits per heavy atom. The number of aromatic carboxylic acids is 1. The number of carboxylic acids is 1. The Morgan fingerprint density at radius 1 is 0.857 bits per heavy atom. The van der Waals surface area contributed by atoms with Gasteiger partial charge in [0.15, 0.2) is 0 Å². The summed E-state index contributed by atoms with van der Waals surface area (Å²) in [5.41, 5.74) is 8.12. The van der Waals surface area contributed by atoms with Crippen molar-refractivity contribution >= 4 is 29.3 Å². The van der Waals surface area contributed by atoms with Gasteiger partial charge in [-0.25, -0.2) is 14.8 Å². The van der Waals surface area contributed by atoms with Crippen molar-refractivity contribution in [2.75, 3.05) is 5.32 Å². The lowest BCUT2D eigenvalue weighted by atomic mass is 10.1. The lowest BCUT2D eigenvalue weighted by Crippen LogP contribution is -1.99. The number of carbonyl (C=O) groups is 1. The summed E-state index contributed by atoms with van der Waals surface area (Å²) in [4.78, 5) is 30.4. The molecule has 0 radical (unpaired) electrons. The topological polar surface area (TPSA) is 123 Å². The van der Waals surface area contributed by atoms with Gasteiger partial charge in [0.1, 0.15) is 29.5 Å². The maximum Gasteiger partial charge on any atom is 0.335 e. The molecule has 0 amide bonds. The number of nitrogens with zero attached hydrogens (tertiary/aromatic N) is 5. The van der Waals surface area contributed by atoms with Crippen molar-refractivity contribution in [3.63, 3.8) is 0 Å². The number of hydrogen-bond donors (Lipinski definition) is 2. The average molecular weight is 647 g/mol. The highest BCUT2D eigenvalue weighted by Crippen LogP contribution is 2.33. The molecule has 4 aromatic carbocycles. The van der Waals surface area contributed by atoms with Crippen LogP contribution < -0.4 is 10.1 Å². The van der Waals surface area contributed by atoms with E-state index in [1.165, 1.54) is 0 Å². The minimum Gasteiger partial charge on any atom is -0.478 e. The third-order valence-electron chi connectivity index (χ3n) is 7.70. The fourth-order valence-corrected chi connectivity index (χ4v) is 5.21. The van der Waals surface area contributed by atoms with Crippen LogP contribution in [-0.4, -0.2) is 36.6 Å². The van der Waals surface area contributed by atoms with Crippen LogP contribution in [0.15, 0.2) is 139 Å². The molecule has 7 rings (SSSR count). The molecule has 0 saturated heterocycles. The second-order valence-electron chi connectivity index (χ2n) is 11.2. The molecular formula is C39H30N6O4. The van der Waals surface area contributed by atoms with Crippen LogP contribution in [0.4, 0.5) is 11.5 Å². The van der Waals surface area contributed by atoms with E-state index in [0.717, 1.165) is 56.4 Å². The van der Waals surface area contributed by atoms with E-state index >= 15 is 0 Å². The molecule has 0 aliphatic rings. The molecule has 0 bridgehead atoms. The van der Waals surface area contributed by atoms with Gasteiger partial charge >= 0.3 is 5.97 Å². The Balaban J connectivity index is 1.07. The van der Waals surface area contributed by atoms with Crippen molar-refractivity contribution in [2.45, 2.75) is 13.5 Å². The highest BCUT2D eigenvalue weighted by Gasteiger charge is 2.16. The molecule has 0 saturated carbocycles. The van der Waals surface area contributed by atoms with E-state index in [4.69, 9.17) is 14.6 Å². The van der Waals surface area contributed by atoms with Crippen molar-refractivity contribution in [1.29, 1.82) is 0 Å². The third-order valence-corrected chi connectivity index (χ3v) is 7.70. The van der Waals surface area contributed by atoms with Gasteiger partial charge < -0.3 is 20.0 Å². The van der Waals surface area contributed by atoms with Crippen molar-refractivity contribution in [3.05, 3.63) is 156 Å². The predicted octanol–water partition coefficient (Wildman–Crippen LogP) is 8.55. The van der Waals surface area contributed by atoms with Crippen LogP contribution in [0.1, 0.15) is 27.2 Å². The fraction of sp³-hybridized carbons (Fsp3) is 0.0513. The van der Waals surface area contributed by atoms with E-state index in [-0.39, 0.29) is 12.2 Å². The summed E-state index contributed by atoms with van der Waals surface area (Å²) < 4.78 is 7.74. The Morgan fingerprint density at radius 2 is 1.63 bits per heavy atom. The molecule has 10 heteroatoms. The molecule has 0 aliphatic carbocycles. The summed E-state index contributed by atoms with van der Waals surface area (Å²) in [6, 6.07) is 36.3. The van der Waals surface area contributed by atoms with Gasteiger partial charge in [-0.15, -0.1) is 0 Å². The zero-order chi connectivity index (χ0) is 33.6. The van der Waals surface area contributed by atoms with Crippen LogP contribution in [0.3, 0.4) is 0 Å². The number of aryl methyl sites for hydroxylation is 1. The number of benzene rings is 4. The molecule has 0 atom stereocenters. The lowest BCUT2D eigenvalue weighted by molar-refractivity contribution is 0.0697. The number of anilines is 2. The lowest BCUT2D eigenvalue weighted by Gasteiger charge is -2.10. The van der Waals surface area contributed by atoms with Gasteiger partial charge in [-0.2, -0.15) is 0 Å². The number of hydrogen-bond acceptors (Lipinski definition) is 8. The van der Waals surface area contributed by atoms with Gasteiger partial charge in [-0.3, -0.25) is 9.38 Å². The number of pyridine rings is 1. The molecule has 240 valence electrons. The zero-order valence-corrected chi connectivity index (χ0v) is 26.4. The molecular weight excluding hydrogens is 616 g/mol. The van der Waals surface area contributed by atoms with Crippen LogP contribution in [-0.2, 0) is 11.4 Å². The van der Waals surface area contributed by atoms with Gasteiger partial charge in [0, 0.05) is 23.6 Å². The smallest absolute Gasteiger partial charge is 0.335 e. The molecule has 0 spiro atoms. The molecule has 0 aliphatic heterocycles. The van der Waals surface area contributed by atoms with E-state index in [1.807, 2.05) is 84.3 Å². The number of oxime groups is 1. The summed E-state index contributed by atoms with van der Waals surface area (Å²) in [6.45, 7) is 2.15. The minimum absolute atomic E-state index is 0.218. The second-order valence-corrected chi connectivity index (χ2v) is 11.2. The van der Waals surface area contributed by atoms with Gasteiger partial charge in [0.25, 0.3) is 0 Å². The average Bonchev–Trinajstić information content (AvgIpc) is 3.49. The van der Waals surface area contributed by atoms with E-state index in [0.29, 0.717) is 11.6 Å². The van der Waals surface area contributed by atoms with Crippen LogP contribution >= 0.6 is 0 Å². The maximum atomic E-state index is 11.4. The quantitative estimate of drug-likeness (QED) is 0.106.